The van der Waals surface area contributed by atoms with Crippen LogP contribution in [0.25, 0.3) is 0 Å². The third-order valence-electron chi connectivity index (χ3n) is 0.806. The fourth-order valence-electron chi connectivity index (χ4n) is 0.368. The van der Waals surface area contributed by atoms with Crippen molar-refractivity contribution in [3.05, 3.63) is 12.2 Å². The molecule has 0 heterocycles. The summed E-state index contributed by atoms with van der Waals surface area (Å²) in [5.74, 6) is -3.20. The van der Waals surface area contributed by atoms with Gasteiger partial charge in [0.05, 0.1) is 0 Å². The molecule has 0 fully saturated rings. The molecule has 74 valence electrons. The Morgan fingerprint density at radius 1 is 1.31 bits per heavy atom. The molecule has 7 nitrogen and oxygen atoms in total. The summed E-state index contributed by atoms with van der Waals surface area (Å²) >= 11 is 0. The highest BCUT2D eigenvalue weighted by Crippen LogP contribution is 1.79. The molecule has 0 aromatic carbocycles. The molecule has 0 saturated carbocycles. The van der Waals surface area contributed by atoms with Crippen molar-refractivity contribution in [1.82, 2.24) is 5.32 Å². The second kappa shape index (κ2) is 4.58. The highest BCUT2D eigenvalue weighted by molar-refractivity contribution is 7.85. The second-order valence-electron chi connectivity index (χ2n) is 1.94. The number of hydrogen-bond donors (Lipinski definition) is 3. The van der Waals surface area contributed by atoms with Crippen LogP contribution in [-0.2, 0) is 19.7 Å². The van der Waals surface area contributed by atoms with E-state index in [1.807, 2.05) is 0 Å². The van der Waals surface area contributed by atoms with Gasteiger partial charge in [-0.2, -0.15) is 8.42 Å². The lowest BCUT2D eigenvalue weighted by molar-refractivity contribution is -0.131. The molecule has 0 bridgehead atoms. The average Bonchev–Trinajstić information content (AvgIpc) is 1.95. The molecule has 0 aliphatic heterocycles. The van der Waals surface area contributed by atoms with E-state index in [0.717, 1.165) is 0 Å². The highest BCUT2D eigenvalue weighted by atomic mass is 32.2. The number of nitrogens with one attached hydrogen (secondary N) is 1. The van der Waals surface area contributed by atoms with Gasteiger partial charge in [-0.15, -0.1) is 0 Å². The van der Waals surface area contributed by atoms with Crippen molar-refractivity contribution >= 4 is 22.0 Å². The van der Waals surface area contributed by atoms with Crippen LogP contribution in [0.3, 0.4) is 0 Å². The van der Waals surface area contributed by atoms with E-state index in [2.05, 4.69) is 0 Å². The number of amides is 1. The molecular formula is C5H7NO6S. The van der Waals surface area contributed by atoms with Gasteiger partial charge < -0.3 is 10.4 Å². The van der Waals surface area contributed by atoms with E-state index in [1.165, 1.54) is 0 Å². The molecule has 0 radical (unpaired) electrons. The van der Waals surface area contributed by atoms with Crippen molar-refractivity contribution in [2.75, 3.05) is 5.88 Å². The minimum atomic E-state index is -4.27. The lowest BCUT2D eigenvalue weighted by Crippen LogP contribution is -2.27. The number of hydrogen-bond acceptors (Lipinski definition) is 4. The average molecular weight is 209 g/mol. The van der Waals surface area contributed by atoms with E-state index in [9.17, 15) is 18.0 Å². The predicted molar refractivity (Wildman–Crippen MR) is 41.3 cm³/mol. The van der Waals surface area contributed by atoms with Gasteiger partial charge in [-0.3, -0.25) is 9.35 Å². The number of aliphatic carboxylic acids is 1. The Morgan fingerprint density at radius 2 is 1.85 bits per heavy atom. The number of carboxylic acids is 1. The summed E-state index contributed by atoms with van der Waals surface area (Å²) in [6.45, 7) is 0. The minimum absolute atomic E-state index is 0.541. The number of carbonyl (C=O) groups is 2. The number of carbonyl (C=O) groups excluding carboxylic acids is 1. The Hall–Kier alpha value is -1.41. The zero-order chi connectivity index (χ0) is 10.5. The Morgan fingerprint density at radius 3 is 2.23 bits per heavy atom. The van der Waals surface area contributed by atoms with Crippen molar-refractivity contribution in [1.29, 1.82) is 0 Å². The van der Waals surface area contributed by atoms with Crippen LogP contribution in [0.1, 0.15) is 0 Å². The summed E-state index contributed by atoms with van der Waals surface area (Å²) in [4.78, 5) is 20.4. The summed E-state index contributed by atoms with van der Waals surface area (Å²) in [6.07, 6.45) is 1.17. The van der Waals surface area contributed by atoms with Gasteiger partial charge in [-0.05, 0) is 0 Å². The van der Waals surface area contributed by atoms with Crippen LogP contribution in [0.15, 0.2) is 12.2 Å². The van der Waals surface area contributed by atoms with Crippen LogP contribution >= 0.6 is 0 Å². The van der Waals surface area contributed by atoms with E-state index in [-0.39, 0.29) is 0 Å². The smallest absolute Gasteiger partial charge is 0.328 e. The Kier molecular flexibility index (Phi) is 4.08. The maximum Gasteiger partial charge on any atom is 0.328 e. The molecule has 13 heavy (non-hydrogen) atoms. The van der Waals surface area contributed by atoms with Crippen molar-refractivity contribution in [2.24, 2.45) is 0 Å². The van der Waals surface area contributed by atoms with Crippen molar-refractivity contribution in [3.8, 4) is 0 Å². The van der Waals surface area contributed by atoms with Crippen molar-refractivity contribution in [2.45, 2.75) is 0 Å². The summed E-state index contributed by atoms with van der Waals surface area (Å²) < 4.78 is 28.3. The highest BCUT2D eigenvalue weighted by Gasteiger charge is 2.05. The molecular weight excluding hydrogens is 202 g/mol. The minimum Gasteiger partial charge on any atom is -0.478 e. The van der Waals surface area contributed by atoms with E-state index >= 15 is 0 Å². The summed E-state index contributed by atoms with van der Waals surface area (Å²) in [6, 6.07) is 0. The molecule has 1 amide bonds. The zero-order valence-corrected chi connectivity index (χ0v) is 7.11. The molecule has 8 heteroatoms. The van der Waals surface area contributed by atoms with E-state index < -0.39 is 27.9 Å². The Labute approximate surface area is 73.8 Å². The number of carboxylic acid groups (broad SMARTS) is 1. The molecule has 0 unspecified atom stereocenters. The van der Waals surface area contributed by atoms with Gasteiger partial charge in [-0.25, -0.2) is 4.79 Å². The van der Waals surface area contributed by atoms with Crippen molar-refractivity contribution in [3.63, 3.8) is 0 Å². The fraction of sp³-hybridized carbons (Fsp3) is 0.200. The third kappa shape index (κ3) is 8.50. The van der Waals surface area contributed by atoms with Gasteiger partial charge in [0.1, 0.15) is 5.88 Å². The van der Waals surface area contributed by atoms with Gasteiger partial charge in [0.15, 0.2) is 0 Å². The SMILES string of the molecule is O=C(O)C=CC(=O)NCS(=O)(=O)O. The summed E-state index contributed by atoms with van der Waals surface area (Å²) in [5.41, 5.74) is 0. The van der Waals surface area contributed by atoms with Crippen LogP contribution in [0.2, 0.25) is 0 Å². The lowest BCUT2D eigenvalue weighted by Gasteiger charge is -1.96. The monoisotopic (exact) mass is 209 g/mol. The summed E-state index contributed by atoms with van der Waals surface area (Å²) in [7, 11) is -4.27. The molecule has 3 N–H and O–H groups in total. The van der Waals surface area contributed by atoms with Crippen LogP contribution in [0.4, 0.5) is 0 Å². The first-order chi connectivity index (χ1) is 5.81. The maximum absolute atomic E-state index is 10.6. The second-order valence-corrected chi connectivity index (χ2v) is 3.39. The van der Waals surface area contributed by atoms with Crippen LogP contribution in [0.5, 0.6) is 0 Å². The summed E-state index contributed by atoms with van der Waals surface area (Å²) in [5, 5.41) is 9.81. The predicted octanol–water partition coefficient (Wildman–Crippen LogP) is -1.41. The Bertz CT molecular complexity index is 329. The first-order valence-electron chi connectivity index (χ1n) is 2.95. The molecule has 0 saturated heterocycles. The molecule has 0 spiro atoms. The molecule has 0 aromatic rings. The molecule has 0 aliphatic carbocycles. The topological polar surface area (TPSA) is 121 Å². The quantitative estimate of drug-likeness (QED) is 0.386. The van der Waals surface area contributed by atoms with Crippen LogP contribution < -0.4 is 5.32 Å². The third-order valence-corrected chi connectivity index (χ3v) is 1.32. The first kappa shape index (κ1) is 11.6. The van der Waals surface area contributed by atoms with Crippen LogP contribution in [0, 0.1) is 0 Å². The molecule has 0 rings (SSSR count). The van der Waals surface area contributed by atoms with Gasteiger partial charge in [0, 0.05) is 12.2 Å². The van der Waals surface area contributed by atoms with Gasteiger partial charge in [0.2, 0.25) is 5.91 Å². The van der Waals surface area contributed by atoms with Crippen LogP contribution in [-0.4, -0.2) is 35.8 Å². The molecule has 0 aromatic heterocycles. The molecule has 0 aliphatic rings. The van der Waals surface area contributed by atoms with E-state index in [4.69, 9.17) is 9.66 Å². The van der Waals surface area contributed by atoms with Gasteiger partial charge >= 0.3 is 5.97 Å². The maximum atomic E-state index is 10.6. The number of rotatable bonds is 4. The Balaban J connectivity index is 3.98. The largest absolute Gasteiger partial charge is 0.478 e. The standard InChI is InChI=1S/C5H7NO6S/c7-4(1-2-5(8)9)6-3-13(10,11)12/h1-2H,3H2,(H,6,7)(H,8,9)(H,10,11,12). The fourth-order valence-corrected chi connectivity index (χ4v) is 0.693. The lowest BCUT2D eigenvalue weighted by atomic mass is 10.5. The first-order valence-corrected chi connectivity index (χ1v) is 4.56. The normalized spacial score (nSPS) is 11.5. The van der Waals surface area contributed by atoms with Gasteiger partial charge in [-0.1, -0.05) is 0 Å². The van der Waals surface area contributed by atoms with E-state index in [1.54, 1.807) is 5.32 Å². The van der Waals surface area contributed by atoms with Crippen molar-refractivity contribution < 1.29 is 27.7 Å². The zero-order valence-electron chi connectivity index (χ0n) is 6.30. The van der Waals surface area contributed by atoms with Gasteiger partial charge in [0.25, 0.3) is 10.1 Å². The molecule has 0 atom stereocenters. The van der Waals surface area contributed by atoms with E-state index in [0.29, 0.717) is 12.2 Å².